The van der Waals surface area contributed by atoms with Crippen LogP contribution >= 0.6 is 11.3 Å². The molecule has 0 saturated carbocycles. The lowest BCUT2D eigenvalue weighted by Crippen LogP contribution is -2.29. The lowest BCUT2D eigenvalue weighted by atomic mass is 9.95. The van der Waals surface area contributed by atoms with Crippen LogP contribution < -0.4 is 14.4 Å². The first-order valence-corrected chi connectivity index (χ1v) is 13.3. The summed E-state index contributed by atoms with van der Waals surface area (Å²) < 4.78 is 12.0. The second-order valence-corrected chi connectivity index (χ2v) is 10.1. The molecule has 1 atom stereocenters. The zero-order chi connectivity index (χ0) is 27.0. The molecule has 1 amide bonds. The van der Waals surface area contributed by atoms with Gasteiger partial charge in [0.05, 0.1) is 35.0 Å². The van der Waals surface area contributed by atoms with Crippen molar-refractivity contribution < 1.29 is 24.2 Å². The van der Waals surface area contributed by atoms with Gasteiger partial charge in [-0.2, -0.15) is 0 Å². The fourth-order valence-electron chi connectivity index (χ4n) is 4.75. The summed E-state index contributed by atoms with van der Waals surface area (Å²) in [5.74, 6) is -0.424. The van der Waals surface area contributed by atoms with E-state index < -0.39 is 17.7 Å². The first-order chi connectivity index (χ1) is 18.3. The Kier molecular flexibility index (Phi) is 6.91. The quantitative estimate of drug-likeness (QED) is 0.171. The molecular weight excluding hydrogens is 500 g/mol. The van der Waals surface area contributed by atoms with E-state index in [0.717, 1.165) is 21.3 Å². The second-order valence-electron chi connectivity index (χ2n) is 9.05. The molecule has 7 nitrogen and oxygen atoms in total. The molecule has 1 N–H and O–H groups in total. The Labute approximate surface area is 225 Å². The van der Waals surface area contributed by atoms with Crippen LogP contribution in [0.15, 0.2) is 66.2 Å². The molecule has 2 heterocycles. The van der Waals surface area contributed by atoms with Gasteiger partial charge in [0.25, 0.3) is 5.78 Å². The van der Waals surface area contributed by atoms with Crippen LogP contribution in [0.2, 0.25) is 0 Å². The van der Waals surface area contributed by atoms with E-state index in [0.29, 0.717) is 41.0 Å². The Morgan fingerprint density at radius 2 is 1.55 bits per heavy atom. The SMILES string of the molecule is CCOc1ccc(C(O)=C2C(=O)C(=O)N(c3nc4c(C)cc(C)cc4s3)C2c2ccc(OCC)cc2)cc1. The monoisotopic (exact) mass is 528 g/mol. The number of anilines is 1. The van der Waals surface area contributed by atoms with E-state index in [4.69, 9.17) is 14.5 Å². The van der Waals surface area contributed by atoms with Gasteiger partial charge in [0.2, 0.25) is 0 Å². The van der Waals surface area contributed by atoms with E-state index in [1.54, 1.807) is 36.4 Å². The maximum absolute atomic E-state index is 13.5. The number of aliphatic hydroxyl groups excluding tert-OH is 1. The first kappa shape index (κ1) is 25.5. The number of fused-ring (bicyclic) bond motifs is 1. The van der Waals surface area contributed by atoms with Crippen LogP contribution in [0.1, 0.15) is 42.1 Å². The van der Waals surface area contributed by atoms with E-state index in [9.17, 15) is 14.7 Å². The molecule has 4 aromatic rings. The summed E-state index contributed by atoms with van der Waals surface area (Å²) in [6.07, 6.45) is 0. The summed E-state index contributed by atoms with van der Waals surface area (Å²) in [5.41, 5.74) is 3.95. The Morgan fingerprint density at radius 3 is 2.16 bits per heavy atom. The normalized spacial score (nSPS) is 16.8. The molecule has 1 fully saturated rings. The first-order valence-electron chi connectivity index (χ1n) is 12.5. The van der Waals surface area contributed by atoms with Gasteiger partial charge in [-0.1, -0.05) is 29.5 Å². The number of Topliss-reactive ketones (excluding diaryl/α,β-unsaturated/α-hetero) is 1. The van der Waals surface area contributed by atoms with E-state index in [2.05, 4.69) is 0 Å². The minimum absolute atomic E-state index is 0.00970. The lowest BCUT2D eigenvalue weighted by molar-refractivity contribution is -0.132. The predicted octanol–water partition coefficient (Wildman–Crippen LogP) is 6.34. The number of aliphatic hydroxyl groups is 1. The molecule has 1 aliphatic rings. The summed E-state index contributed by atoms with van der Waals surface area (Å²) in [6, 6.07) is 17.2. The Morgan fingerprint density at radius 1 is 0.947 bits per heavy atom. The molecule has 194 valence electrons. The third-order valence-electron chi connectivity index (χ3n) is 6.41. The highest BCUT2D eigenvalue weighted by Crippen LogP contribution is 2.45. The van der Waals surface area contributed by atoms with Crippen LogP contribution in [0.3, 0.4) is 0 Å². The number of thiazole rings is 1. The molecule has 0 radical (unpaired) electrons. The molecule has 1 aromatic heterocycles. The van der Waals surface area contributed by atoms with Crippen molar-refractivity contribution in [2.75, 3.05) is 18.1 Å². The third kappa shape index (κ3) is 4.52. The predicted molar refractivity (Wildman–Crippen MR) is 149 cm³/mol. The van der Waals surface area contributed by atoms with Crippen molar-refractivity contribution in [3.63, 3.8) is 0 Å². The molecule has 8 heteroatoms. The molecule has 1 saturated heterocycles. The van der Waals surface area contributed by atoms with Crippen molar-refractivity contribution in [2.45, 2.75) is 33.7 Å². The highest BCUT2D eigenvalue weighted by molar-refractivity contribution is 7.22. The largest absolute Gasteiger partial charge is 0.507 e. The van der Waals surface area contributed by atoms with Crippen molar-refractivity contribution in [3.05, 3.63) is 88.5 Å². The summed E-state index contributed by atoms with van der Waals surface area (Å²) in [6.45, 7) is 8.79. The van der Waals surface area contributed by atoms with Crippen molar-refractivity contribution in [3.8, 4) is 11.5 Å². The van der Waals surface area contributed by atoms with Crippen LogP contribution in [0, 0.1) is 13.8 Å². The highest BCUT2D eigenvalue weighted by atomic mass is 32.1. The number of ether oxygens (including phenoxy) is 2. The fourth-order valence-corrected chi connectivity index (χ4v) is 5.92. The molecule has 3 aromatic carbocycles. The standard InChI is InChI=1S/C30H28N2O5S/c1-5-36-21-11-7-19(8-12-21)26-24(27(33)20-9-13-22(14-10-20)37-6-2)28(34)29(35)32(26)30-31-25-18(4)15-17(3)16-23(25)38-30/h7-16,26,33H,5-6H2,1-4H3. The summed E-state index contributed by atoms with van der Waals surface area (Å²) >= 11 is 1.35. The van der Waals surface area contributed by atoms with Gasteiger partial charge in [0.1, 0.15) is 17.3 Å². The van der Waals surface area contributed by atoms with Crippen LogP contribution in [-0.2, 0) is 9.59 Å². The second kappa shape index (κ2) is 10.3. The number of nitrogens with zero attached hydrogens (tertiary/aromatic N) is 2. The number of hydrogen-bond donors (Lipinski definition) is 1. The minimum atomic E-state index is -0.862. The van der Waals surface area contributed by atoms with E-state index in [1.165, 1.54) is 16.2 Å². The lowest BCUT2D eigenvalue weighted by Gasteiger charge is -2.23. The number of aryl methyl sites for hydroxylation is 2. The molecule has 38 heavy (non-hydrogen) atoms. The van der Waals surface area contributed by atoms with E-state index in [-0.39, 0.29) is 11.3 Å². The summed E-state index contributed by atoms with van der Waals surface area (Å²) in [7, 11) is 0. The van der Waals surface area contributed by atoms with Gasteiger partial charge < -0.3 is 14.6 Å². The number of aromatic nitrogens is 1. The maximum Gasteiger partial charge on any atom is 0.301 e. The van der Waals surface area contributed by atoms with Gasteiger partial charge in [0, 0.05) is 5.56 Å². The zero-order valence-electron chi connectivity index (χ0n) is 21.6. The molecule has 0 bridgehead atoms. The number of benzene rings is 3. The van der Waals surface area contributed by atoms with Crippen molar-refractivity contribution >= 4 is 44.1 Å². The molecule has 0 aliphatic carbocycles. The van der Waals surface area contributed by atoms with Gasteiger partial charge in [0.15, 0.2) is 5.13 Å². The number of carbonyl (C=O) groups excluding carboxylic acids is 2. The maximum atomic E-state index is 13.5. The number of ketones is 1. The van der Waals surface area contributed by atoms with Crippen molar-refractivity contribution in [1.82, 2.24) is 4.98 Å². The zero-order valence-corrected chi connectivity index (χ0v) is 22.5. The third-order valence-corrected chi connectivity index (χ3v) is 7.42. The number of hydrogen-bond acceptors (Lipinski definition) is 7. The number of rotatable bonds is 7. The molecule has 0 spiro atoms. The molecule has 5 rings (SSSR count). The van der Waals surface area contributed by atoms with Gasteiger partial charge in [-0.3, -0.25) is 14.5 Å². The molecular formula is C30H28N2O5S. The van der Waals surface area contributed by atoms with Crippen molar-refractivity contribution in [1.29, 1.82) is 0 Å². The van der Waals surface area contributed by atoms with Gasteiger partial charge >= 0.3 is 5.91 Å². The van der Waals surface area contributed by atoms with Crippen LogP contribution in [0.25, 0.3) is 16.0 Å². The minimum Gasteiger partial charge on any atom is -0.507 e. The van der Waals surface area contributed by atoms with Crippen LogP contribution in [0.5, 0.6) is 11.5 Å². The summed E-state index contributed by atoms with van der Waals surface area (Å²) in [5, 5.41) is 11.8. The average molecular weight is 529 g/mol. The van der Waals surface area contributed by atoms with Crippen LogP contribution in [0.4, 0.5) is 5.13 Å². The Hall–Kier alpha value is -4.17. The van der Waals surface area contributed by atoms with Gasteiger partial charge in [-0.25, -0.2) is 4.98 Å². The Bertz CT molecular complexity index is 1550. The Balaban J connectivity index is 1.68. The van der Waals surface area contributed by atoms with E-state index in [1.807, 2.05) is 52.0 Å². The molecule has 1 aliphatic heterocycles. The number of carbonyl (C=O) groups is 2. The van der Waals surface area contributed by atoms with Gasteiger partial charge in [-0.15, -0.1) is 0 Å². The highest BCUT2D eigenvalue weighted by Gasteiger charge is 2.48. The van der Waals surface area contributed by atoms with E-state index >= 15 is 0 Å². The topological polar surface area (TPSA) is 89.0 Å². The van der Waals surface area contributed by atoms with Crippen LogP contribution in [-0.4, -0.2) is 35.0 Å². The van der Waals surface area contributed by atoms with Crippen molar-refractivity contribution in [2.24, 2.45) is 0 Å². The number of amides is 1. The molecule has 1 unspecified atom stereocenters. The fraction of sp³-hybridized carbons (Fsp3) is 0.233. The summed E-state index contributed by atoms with van der Waals surface area (Å²) in [4.78, 5) is 33.2. The average Bonchev–Trinajstić information content (AvgIpc) is 3.43. The van der Waals surface area contributed by atoms with Gasteiger partial charge in [-0.05, 0) is 86.8 Å². The smallest absolute Gasteiger partial charge is 0.301 e.